The summed E-state index contributed by atoms with van der Waals surface area (Å²) in [4.78, 5) is 12.8. The first kappa shape index (κ1) is 22.0. The lowest BCUT2D eigenvalue weighted by Crippen LogP contribution is -2.26. The quantitative estimate of drug-likeness (QED) is 0.441. The molecule has 4 rings (SSSR count). The molecule has 0 saturated heterocycles. The van der Waals surface area contributed by atoms with Crippen molar-refractivity contribution in [1.82, 2.24) is 5.43 Å². The van der Waals surface area contributed by atoms with Gasteiger partial charge in [-0.15, -0.1) is 0 Å². The molecule has 1 N–H and O–H groups in total. The van der Waals surface area contributed by atoms with Crippen LogP contribution in [0, 0.1) is 5.82 Å². The lowest BCUT2D eigenvalue weighted by Gasteiger charge is -2.18. The van der Waals surface area contributed by atoms with Crippen molar-refractivity contribution in [2.45, 2.75) is 17.9 Å². The van der Waals surface area contributed by atoms with Gasteiger partial charge >= 0.3 is 0 Å². The van der Waals surface area contributed by atoms with E-state index in [4.69, 9.17) is 16.3 Å². The lowest BCUT2D eigenvalue weighted by atomic mass is 10.1. The Kier molecular flexibility index (Phi) is 6.25. The van der Waals surface area contributed by atoms with E-state index in [2.05, 4.69) is 10.5 Å². The van der Waals surface area contributed by atoms with Crippen LogP contribution in [0.5, 0.6) is 5.75 Å². The number of carbonyl (C=O) groups excluding carboxylic acids is 1. The fourth-order valence-electron chi connectivity index (χ4n) is 3.29. The van der Waals surface area contributed by atoms with Crippen molar-refractivity contribution in [1.29, 1.82) is 0 Å². The van der Waals surface area contributed by atoms with Crippen molar-refractivity contribution in [3.05, 3.63) is 94.3 Å². The summed E-state index contributed by atoms with van der Waals surface area (Å²) in [6.07, 6.45) is 0.0633. The number of ether oxygens (including phenoxy) is 1. The number of hydrogen-bond acceptors (Lipinski definition) is 5. The first-order valence-corrected chi connectivity index (χ1v) is 11.7. The number of halogens is 2. The van der Waals surface area contributed by atoms with Gasteiger partial charge in [0.05, 0.1) is 21.9 Å². The Balaban J connectivity index is 1.53. The maximum Gasteiger partial charge on any atom is 0.275 e. The van der Waals surface area contributed by atoms with Crippen LogP contribution in [0.2, 0.25) is 5.02 Å². The van der Waals surface area contributed by atoms with E-state index in [0.29, 0.717) is 16.5 Å². The third-order valence-corrected chi connectivity index (χ3v) is 6.95. The summed E-state index contributed by atoms with van der Waals surface area (Å²) in [5.74, 6) is -0.921. The molecule has 3 aromatic rings. The van der Waals surface area contributed by atoms with Crippen LogP contribution in [-0.4, -0.2) is 25.8 Å². The average molecular weight is 473 g/mol. The predicted octanol–water partition coefficient (Wildman–Crippen LogP) is 4.37. The molecule has 32 heavy (non-hydrogen) atoms. The van der Waals surface area contributed by atoms with Gasteiger partial charge in [0.25, 0.3) is 5.91 Å². The maximum absolute atomic E-state index is 13.7. The Bertz CT molecular complexity index is 1310. The van der Waals surface area contributed by atoms with Crippen molar-refractivity contribution in [3.8, 4) is 5.75 Å². The van der Waals surface area contributed by atoms with E-state index in [1.54, 1.807) is 36.4 Å². The SMILES string of the molecule is O=C(NN=C1CCS(=O)(=O)c2ccc(F)cc21)c1ccccc1OCc1ccc(Cl)cc1. The van der Waals surface area contributed by atoms with Crippen LogP contribution in [0.25, 0.3) is 0 Å². The minimum Gasteiger partial charge on any atom is -0.488 e. The van der Waals surface area contributed by atoms with Gasteiger partial charge in [0.1, 0.15) is 18.2 Å². The third-order valence-electron chi connectivity index (χ3n) is 4.93. The Labute approximate surface area is 189 Å². The van der Waals surface area contributed by atoms with Gasteiger partial charge in [-0.05, 0) is 48.0 Å². The molecule has 0 saturated carbocycles. The number of benzene rings is 3. The first-order chi connectivity index (χ1) is 15.3. The van der Waals surface area contributed by atoms with Crippen molar-refractivity contribution in [2.75, 3.05) is 5.75 Å². The molecule has 6 nitrogen and oxygen atoms in total. The minimum atomic E-state index is -3.51. The molecule has 1 aliphatic rings. The molecule has 0 atom stereocenters. The number of fused-ring (bicyclic) bond motifs is 1. The van der Waals surface area contributed by atoms with E-state index in [0.717, 1.165) is 17.7 Å². The molecule has 164 valence electrons. The highest BCUT2D eigenvalue weighted by Crippen LogP contribution is 2.26. The molecule has 9 heteroatoms. The van der Waals surface area contributed by atoms with Crippen LogP contribution in [0.4, 0.5) is 4.39 Å². The Morgan fingerprint density at radius 3 is 2.62 bits per heavy atom. The zero-order valence-corrected chi connectivity index (χ0v) is 18.3. The number of hydrogen-bond donors (Lipinski definition) is 1. The normalized spacial score (nSPS) is 15.8. The van der Waals surface area contributed by atoms with E-state index in [1.165, 1.54) is 6.07 Å². The highest BCUT2D eigenvalue weighted by molar-refractivity contribution is 7.91. The molecule has 1 amide bonds. The zero-order chi connectivity index (χ0) is 22.7. The fourth-order valence-corrected chi connectivity index (χ4v) is 4.89. The van der Waals surface area contributed by atoms with Crippen LogP contribution < -0.4 is 10.2 Å². The highest BCUT2D eigenvalue weighted by Gasteiger charge is 2.28. The van der Waals surface area contributed by atoms with Crippen molar-refractivity contribution < 1.29 is 22.3 Å². The number of nitrogens with one attached hydrogen (secondary N) is 1. The second kappa shape index (κ2) is 9.10. The van der Waals surface area contributed by atoms with Gasteiger partial charge < -0.3 is 4.74 Å². The minimum absolute atomic E-state index is 0.00449. The molecular weight excluding hydrogens is 455 g/mol. The molecule has 0 radical (unpaired) electrons. The van der Waals surface area contributed by atoms with Gasteiger partial charge in [0.2, 0.25) is 0 Å². The largest absolute Gasteiger partial charge is 0.488 e. The molecule has 0 aliphatic carbocycles. The second-order valence-electron chi connectivity index (χ2n) is 7.12. The summed E-state index contributed by atoms with van der Waals surface area (Å²) in [7, 11) is -3.51. The van der Waals surface area contributed by atoms with E-state index in [1.807, 2.05) is 12.1 Å². The number of sulfone groups is 1. The zero-order valence-electron chi connectivity index (χ0n) is 16.7. The highest BCUT2D eigenvalue weighted by atomic mass is 35.5. The van der Waals surface area contributed by atoms with Gasteiger partial charge in [0, 0.05) is 17.0 Å². The predicted molar refractivity (Wildman–Crippen MR) is 119 cm³/mol. The fraction of sp³-hybridized carbons (Fsp3) is 0.130. The third kappa shape index (κ3) is 4.81. The monoisotopic (exact) mass is 472 g/mol. The van der Waals surface area contributed by atoms with Gasteiger partial charge in [-0.25, -0.2) is 18.2 Å². The second-order valence-corrected chi connectivity index (χ2v) is 9.63. The molecule has 1 heterocycles. The average Bonchev–Trinajstić information content (AvgIpc) is 2.78. The van der Waals surface area contributed by atoms with Crippen LogP contribution in [0.1, 0.15) is 27.9 Å². The van der Waals surface area contributed by atoms with Gasteiger partial charge in [-0.2, -0.15) is 5.10 Å². The summed E-state index contributed by atoms with van der Waals surface area (Å²) in [5.41, 5.74) is 4.03. The van der Waals surface area contributed by atoms with Gasteiger partial charge in [-0.1, -0.05) is 35.9 Å². The summed E-state index contributed by atoms with van der Waals surface area (Å²) >= 11 is 5.89. The summed E-state index contributed by atoms with van der Waals surface area (Å²) in [5, 5.41) is 4.71. The molecule has 0 unspecified atom stereocenters. The first-order valence-electron chi connectivity index (χ1n) is 9.69. The number of nitrogens with zero attached hydrogens (tertiary/aromatic N) is 1. The molecular formula is C23H18ClFN2O4S. The van der Waals surface area contributed by atoms with E-state index in [9.17, 15) is 17.6 Å². The number of amides is 1. The Hall–Kier alpha value is -3.23. The molecule has 0 fully saturated rings. The number of rotatable bonds is 5. The molecule has 0 bridgehead atoms. The van der Waals surface area contributed by atoms with Gasteiger partial charge in [0.15, 0.2) is 9.84 Å². The maximum atomic E-state index is 13.7. The smallest absolute Gasteiger partial charge is 0.275 e. The van der Waals surface area contributed by atoms with Crippen molar-refractivity contribution in [2.24, 2.45) is 5.10 Å². The summed E-state index contributed by atoms with van der Waals surface area (Å²) < 4.78 is 44.0. The summed E-state index contributed by atoms with van der Waals surface area (Å²) in [6.45, 7) is 0.237. The Morgan fingerprint density at radius 2 is 1.84 bits per heavy atom. The standard InChI is InChI=1S/C23H18ClFN2O4S/c24-16-7-5-15(6-8-16)14-31-21-4-2-1-3-18(21)23(28)27-26-20-11-12-32(29,30)22-10-9-17(25)13-19(20)22/h1-10,13H,11-12,14H2,(H,27,28). The molecule has 0 aromatic heterocycles. The number of para-hydroxylation sites is 1. The topological polar surface area (TPSA) is 84.8 Å². The molecule has 1 aliphatic heterocycles. The molecule has 3 aromatic carbocycles. The van der Waals surface area contributed by atoms with Crippen LogP contribution >= 0.6 is 11.6 Å². The van der Waals surface area contributed by atoms with Crippen LogP contribution in [0.3, 0.4) is 0 Å². The van der Waals surface area contributed by atoms with Crippen molar-refractivity contribution in [3.63, 3.8) is 0 Å². The molecule has 0 spiro atoms. The van der Waals surface area contributed by atoms with E-state index < -0.39 is 21.6 Å². The van der Waals surface area contributed by atoms with E-state index in [-0.39, 0.29) is 34.8 Å². The van der Waals surface area contributed by atoms with Crippen LogP contribution in [-0.2, 0) is 16.4 Å². The summed E-state index contributed by atoms with van der Waals surface area (Å²) in [6, 6.07) is 17.2. The van der Waals surface area contributed by atoms with Crippen LogP contribution in [0.15, 0.2) is 76.7 Å². The number of hydrazone groups is 1. The van der Waals surface area contributed by atoms with Gasteiger partial charge in [-0.3, -0.25) is 4.79 Å². The lowest BCUT2D eigenvalue weighted by molar-refractivity contribution is 0.0950. The van der Waals surface area contributed by atoms with E-state index >= 15 is 0 Å². The van der Waals surface area contributed by atoms with Crippen molar-refractivity contribution >= 4 is 33.1 Å². The number of carbonyl (C=O) groups is 1. The Morgan fingerprint density at radius 1 is 1.09 bits per heavy atom.